The number of carbonyl (C=O) groups is 2. The summed E-state index contributed by atoms with van der Waals surface area (Å²) in [5.74, 6) is 1.17. The quantitative estimate of drug-likeness (QED) is 0.577. The highest BCUT2D eigenvalue weighted by Crippen LogP contribution is 2.66. The Labute approximate surface area is 154 Å². The molecule has 4 heteroatoms. The van der Waals surface area contributed by atoms with Crippen molar-refractivity contribution in [3.63, 3.8) is 0 Å². The maximum absolute atomic E-state index is 12.0. The molecule has 0 bridgehead atoms. The molecule has 0 saturated heterocycles. The Hall–Kier alpha value is -1.42. The van der Waals surface area contributed by atoms with Gasteiger partial charge in [0.1, 0.15) is 12.4 Å². The van der Waals surface area contributed by atoms with E-state index in [0.717, 1.165) is 50.5 Å². The van der Waals surface area contributed by atoms with Crippen molar-refractivity contribution in [1.29, 1.82) is 0 Å². The predicted molar refractivity (Wildman–Crippen MR) is 96.2 cm³/mol. The second kappa shape index (κ2) is 5.54. The second-order valence-corrected chi connectivity index (χ2v) is 9.39. The molecular formula is C22H28O4. The topological polar surface area (TPSA) is 63.6 Å². The molecule has 140 valence electrons. The molecule has 0 aromatic rings. The fourth-order valence-corrected chi connectivity index (χ4v) is 7.22. The van der Waals surface area contributed by atoms with Crippen molar-refractivity contribution in [2.75, 3.05) is 6.61 Å². The third-order valence-corrected chi connectivity index (χ3v) is 8.52. The Morgan fingerprint density at radius 1 is 1.12 bits per heavy atom. The van der Waals surface area contributed by atoms with Crippen LogP contribution in [0.2, 0.25) is 0 Å². The van der Waals surface area contributed by atoms with E-state index in [9.17, 15) is 14.7 Å². The summed E-state index contributed by atoms with van der Waals surface area (Å²) >= 11 is 0. The summed E-state index contributed by atoms with van der Waals surface area (Å²) in [4.78, 5) is 23.4. The molecular weight excluding hydrogens is 328 g/mol. The van der Waals surface area contributed by atoms with Crippen LogP contribution >= 0.6 is 0 Å². The number of allylic oxidation sites excluding steroid dienone is 2. The fourth-order valence-electron chi connectivity index (χ4n) is 7.22. The zero-order valence-corrected chi connectivity index (χ0v) is 15.6. The number of ketones is 1. The monoisotopic (exact) mass is 356 g/mol. The summed E-state index contributed by atoms with van der Waals surface area (Å²) in [6.45, 7) is 2.65. The summed E-state index contributed by atoms with van der Waals surface area (Å²) in [7, 11) is 0. The van der Waals surface area contributed by atoms with Crippen LogP contribution in [0, 0.1) is 23.2 Å². The Bertz CT molecular complexity index is 747. The first kappa shape index (κ1) is 16.7. The third kappa shape index (κ3) is 2.11. The molecule has 0 spiro atoms. The molecule has 5 rings (SSSR count). The summed E-state index contributed by atoms with van der Waals surface area (Å²) in [6, 6.07) is 0. The molecule has 1 N–H and O–H groups in total. The zero-order chi connectivity index (χ0) is 18.1. The second-order valence-electron chi connectivity index (χ2n) is 9.39. The minimum absolute atomic E-state index is 0.170. The van der Waals surface area contributed by atoms with Gasteiger partial charge in [0.25, 0.3) is 0 Å². The van der Waals surface area contributed by atoms with Gasteiger partial charge in [-0.1, -0.05) is 18.1 Å². The van der Waals surface area contributed by atoms with E-state index in [1.165, 1.54) is 11.1 Å². The Kier molecular flexibility index (Phi) is 3.57. The van der Waals surface area contributed by atoms with E-state index < -0.39 is 5.60 Å². The van der Waals surface area contributed by atoms with Crippen molar-refractivity contribution < 1.29 is 19.4 Å². The lowest BCUT2D eigenvalue weighted by Crippen LogP contribution is -2.57. The van der Waals surface area contributed by atoms with E-state index in [1.807, 2.05) is 0 Å². The number of ether oxygens (including phenoxy) is 1. The van der Waals surface area contributed by atoms with Crippen LogP contribution in [0.1, 0.15) is 64.7 Å². The van der Waals surface area contributed by atoms with Crippen LogP contribution in [0.5, 0.6) is 0 Å². The number of carbonyl (C=O) groups excluding carboxylic acids is 2. The van der Waals surface area contributed by atoms with E-state index >= 15 is 0 Å². The average Bonchev–Trinajstić information content (AvgIpc) is 3.15. The van der Waals surface area contributed by atoms with Gasteiger partial charge in [-0.15, -0.1) is 0 Å². The van der Waals surface area contributed by atoms with Gasteiger partial charge in [0.2, 0.25) is 0 Å². The van der Waals surface area contributed by atoms with Gasteiger partial charge in [0.05, 0.1) is 5.60 Å². The number of rotatable bonds is 1. The van der Waals surface area contributed by atoms with Crippen LogP contribution in [0.3, 0.4) is 0 Å². The molecule has 1 heterocycles. The average molecular weight is 356 g/mol. The minimum atomic E-state index is -0.660. The number of hydrogen-bond donors (Lipinski definition) is 1. The van der Waals surface area contributed by atoms with E-state index in [-0.39, 0.29) is 17.3 Å². The molecule has 0 unspecified atom stereocenters. The van der Waals surface area contributed by atoms with Gasteiger partial charge in [0, 0.05) is 24.3 Å². The molecule has 0 aromatic carbocycles. The van der Waals surface area contributed by atoms with Crippen LogP contribution in [-0.2, 0) is 14.3 Å². The van der Waals surface area contributed by atoms with Crippen LogP contribution in [0.15, 0.2) is 22.8 Å². The van der Waals surface area contributed by atoms with Gasteiger partial charge in [0.15, 0.2) is 0 Å². The smallest absolute Gasteiger partial charge is 0.331 e. The van der Waals surface area contributed by atoms with Crippen molar-refractivity contribution in [2.45, 2.75) is 70.3 Å². The third-order valence-electron chi connectivity index (χ3n) is 8.52. The van der Waals surface area contributed by atoms with Gasteiger partial charge >= 0.3 is 5.97 Å². The normalized spacial score (nSPS) is 45.0. The molecule has 26 heavy (non-hydrogen) atoms. The van der Waals surface area contributed by atoms with E-state index in [0.29, 0.717) is 37.1 Å². The predicted octanol–water partition coefficient (Wildman–Crippen LogP) is 3.49. The van der Waals surface area contributed by atoms with Gasteiger partial charge in [-0.05, 0) is 68.3 Å². The lowest BCUT2D eigenvalue weighted by atomic mass is 9.50. The first-order valence-corrected chi connectivity index (χ1v) is 10.2. The van der Waals surface area contributed by atoms with Crippen molar-refractivity contribution in [3.8, 4) is 0 Å². The molecule has 0 amide bonds. The molecule has 5 atom stereocenters. The lowest BCUT2D eigenvalue weighted by Gasteiger charge is -2.57. The fraction of sp³-hybridized carbons (Fsp3) is 0.727. The molecule has 1 aliphatic heterocycles. The van der Waals surface area contributed by atoms with Crippen molar-refractivity contribution in [3.05, 3.63) is 22.8 Å². The summed E-state index contributed by atoms with van der Waals surface area (Å²) in [6.07, 6.45) is 9.78. The molecule has 2 fully saturated rings. The van der Waals surface area contributed by atoms with Gasteiger partial charge in [-0.2, -0.15) is 0 Å². The molecule has 5 aliphatic rings. The molecule has 4 nitrogen and oxygen atoms in total. The number of fused-ring (bicyclic) bond motifs is 4. The summed E-state index contributed by atoms with van der Waals surface area (Å²) in [5.41, 5.74) is 3.16. The van der Waals surface area contributed by atoms with Crippen LogP contribution in [-0.4, -0.2) is 29.1 Å². The number of Topliss-reactive ketones (excluding diaryl/α,β-unsaturated/α-hetero) is 1. The Morgan fingerprint density at radius 2 is 1.96 bits per heavy atom. The van der Waals surface area contributed by atoms with Gasteiger partial charge in [-0.3, -0.25) is 4.79 Å². The molecule has 4 aliphatic carbocycles. The molecule has 2 saturated carbocycles. The number of esters is 1. The SMILES string of the molecule is C[C@]12CC[C@@H]3C4=C(CC[C@H]3[C@@]1(O)CC[C@@H]2C1=CC(=O)OC1)CC(=O)CC4. The zero-order valence-electron chi connectivity index (χ0n) is 15.6. The summed E-state index contributed by atoms with van der Waals surface area (Å²) in [5, 5.41) is 12.0. The maximum Gasteiger partial charge on any atom is 0.331 e. The largest absolute Gasteiger partial charge is 0.458 e. The van der Waals surface area contributed by atoms with E-state index in [2.05, 4.69) is 6.92 Å². The molecule has 0 aromatic heterocycles. The van der Waals surface area contributed by atoms with E-state index in [4.69, 9.17) is 4.74 Å². The first-order valence-electron chi connectivity index (χ1n) is 10.2. The maximum atomic E-state index is 12.0. The lowest BCUT2D eigenvalue weighted by molar-refractivity contribution is -0.155. The Morgan fingerprint density at radius 3 is 2.73 bits per heavy atom. The van der Waals surface area contributed by atoms with Crippen molar-refractivity contribution in [1.82, 2.24) is 0 Å². The highest BCUT2D eigenvalue weighted by molar-refractivity contribution is 5.85. The highest BCUT2D eigenvalue weighted by atomic mass is 16.5. The standard InChI is InChI=1S/C22H28O4/c1-21-8-6-17-16-4-3-15(23)10-13(16)2-5-19(17)22(21,25)9-7-18(21)14-11-20(24)26-12-14/h11,17-19,25H,2-10,12H2,1H3/t17-,18-,19-,21-,22+/m1/s1. The minimum Gasteiger partial charge on any atom is -0.458 e. The number of hydrogen-bond acceptors (Lipinski definition) is 4. The summed E-state index contributed by atoms with van der Waals surface area (Å²) < 4.78 is 5.17. The highest BCUT2D eigenvalue weighted by Gasteiger charge is 2.64. The number of cyclic esters (lactones) is 1. The first-order chi connectivity index (χ1) is 12.4. The number of aliphatic hydroxyl groups is 1. The van der Waals surface area contributed by atoms with Crippen molar-refractivity contribution >= 4 is 11.8 Å². The van der Waals surface area contributed by atoms with Gasteiger partial charge < -0.3 is 9.84 Å². The Balaban J connectivity index is 1.48. The van der Waals surface area contributed by atoms with Crippen LogP contribution in [0.4, 0.5) is 0 Å². The van der Waals surface area contributed by atoms with Crippen LogP contribution in [0.25, 0.3) is 0 Å². The van der Waals surface area contributed by atoms with Crippen molar-refractivity contribution in [2.24, 2.45) is 23.2 Å². The van der Waals surface area contributed by atoms with Gasteiger partial charge in [-0.25, -0.2) is 4.79 Å². The molecule has 0 radical (unpaired) electrons. The van der Waals surface area contributed by atoms with Crippen LogP contribution < -0.4 is 0 Å². The van der Waals surface area contributed by atoms with E-state index in [1.54, 1.807) is 6.08 Å².